The second-order valence-corrected chi connectivity index (χ2v) is 6.82. The zero-order valence-electron chi connectivity index (χ0n) is 13.0. The number of thiophene rings is 1. The molecule has 1 fully saturated rings. The summed E-state index contributed by atoms with van der Waals surface area (Å²) >= 11 is 1.63. The van der Waals surface area contributed by atoms with Crippen LogP contribution >= 0.6 is 11.3 Å². The molecule has 0 bridgehead atoms. The van der Waals surface area contributed by atoms with Crippen molar-refractivity contribution in [3.05, 3.63) is 41.9 Å². The molecular weight excluding hydrogens is 310 g/mol. The molecule has 4 heterocycles. The third kappa shape index (κ3) is 2.94. The van der Waals surface area contributed by atoms with E-state index >= 15 is 0 Å². The summed E-state index contributed by atoms with van der Waals surface area (Å²) < 4.78 is 7.53. The Kier molecular flexibility index (Phi) is 3.97. The molecule has 0 radical (unpaired) electrons. The van der Waals surface area contributed by atoms with Crippen LogP contribution in [0.4, 0.5) is 0 Å². The molecule has 0 aromatic carbocycles. The fraction of sp³-hybridized carbons (Fsp3) is 0.438. The van der Waals surface area contributed by atoms with Gasteiger partial charge < -0.3 is 4.52 Å². The minimum absolute atomic E-state index is 0.124. The lowest BCUT2D eigenvalue weighted by Gasteiger charge is -2.28. The Morgan fingerprint density at radius 2 is 2.39 bits per heavy atom. The average Bonchev–Trinajstić information content (AvgIpc) is 3.33. The number of hydrogen-bond acceptors (Lipinski definition) is 6. The van der Waals surface area contributed by atoms with E-state index < -0.39 is 0 Å². The number of nitrogens with zero attached hydrogens (tertiary/aromatic N) is 5. The zero-order chi connectivity index (χ0) is 15.6. The molecular formula is C16H19N5OS. The maximum Gasteiger partial charge on any atom is 0.244 e. The summed E-state index contributed by atoms with van der Waals surface area (Å²) in [5, 5.41) is 10.5. The molecule has 0 N–H and O–H groups in total. The van der Waals surface area contributed by atoms with Gasteiger partial charge >= 0.3 is 0 Å². The molecule has 0 spiro atoms. The number of hydrogen-bond donors (Lipinski definition) is 0. The van der Waals surface area contributed by atoms with Crippen LogP contribution in [0.3, 0.4) is 0 Å². The van der Waals surface area contributed by atoms with Gasteiger partial charge in [0.15, 0.2) is 0 Å². The molecule has 1 aliphatic heterocycles. The van der Waals surface area contributed by atoms with Crippen LogP contribution in [0.2, 0.25) is 0 Å². The van der Waals surface area contributed by atoms with Gasteiger partial charge in [-0.1, -0.05) is 11.2 Å². The lowest BCUT2D eigenvalue weighted by atomic mass is 10.2. The number of likely N-dealkylation sites (tertiary alicyclic amines) is 1. The molecule has 4 rings (SSSR count). The molecule has 2 atom stereocenters. The van der Waals surface area contributed by atoms with Gasteiger partial charge in [-0.05, 0) is 43.8 Å². The molecule has 7 heteroatoms. The van der Waals surface area contributed by atoms with Crippen LogP contribution in [0.25, 0.3) is 10.7 Å². The van der Waals surface area contributed by atoms with E-state index in [4.69, 9.17) is 4.52 Å². The fourth-order valence-electron chi connectivity index (χ4n) is 3.24. The van der Waals surface area contributed by atoms with E-state index in [9.17, 15) is 0 Å². The van der Waals surface area contributed by atoms with Crippen LogP contribution in [0.5, 0.6) is 0 Å². The normalized spacial score (nSPS) is 20.1. The third-order valence-corrected chi connectivity index (χ3v) is 5.28. The van der Waals surface area contributed by atoms with Gasteiger partial charge in [0.25, 0.3) is 0 Å². The highest BCUT2D eigenvalue weighted by Crippen LogP contribution is 2.30. The van der Waals surface area contributed by atoms with Crippen LogP contribution in [-0.2, 0) is 6.54 Å². The highest BCUT2D eigenvalue weighted by atomic mass is 32.1. The predicted molar refractivity (Wildman–Crippen MR) is 88.0 cm³/mol. The predicted octanol–water partition coefficient (Wildman–Crippen LogP) is 3.22. The summed E-state index contributed by atoms with van der Waals surface area (Å²) in [5.74, 6) is 1.38. The van der Waals surface area contributed by atoms with Crippen LogP contribution in [0.1, 0.15) is 31.7 Å². The standard InChI is InChI=1S/C16H19N5OS/c1-12(16-18-15(19-22-16)14-6-3-10-23-14)21-9-2-5-13(21)11-20-8-4-7-17-20/h3-4,6-8,10,12-13H,2,5,9,11H2,1H3/t12-,13-/m0/s1. The van der Waals surface area contributed by atoms with Gasteiger partial charge in [0, 0.05) is 18.4 Å². The van der Waals surface area contributed by atoms with Crippen molar-refractivity contribution in [1.29, 1.82) is 0 Å². The lowest BCUT2D eigenvalue weighted by molar-refractivity contribution is 0.144. The van der Waals surface area contributed by atoms with Crippen molar-refractivity contribution in [2.45, 2.75) is 38.4 Å². The first-order valence-electron chi connectivity index (χ1n) is 7.92. The second-order valence-electron chi connectivity index (χ2n) is 5.87. The quantitative estimate of drug-likeness (QED) is 0.719. The van der Waals surface area contributed by atoms with Gasteiger partial charge in [0.1, 0.15) is 0 Å². The van der Waals surface area contributed by atoms with Gasteiger partial charge in [-0.2, -0.15) is 10.1 Å². The Morgan fingerprint density at radius 3 is 3.17 bits per heavy atom. The Balaban J connectivity index is 1.50. The molecule has 6 nitrogen and oxygen atoms in total. The van der Waals surface area contributed by atoms with Crippen LogP contribution in [-0.4, -0.2) is 37.4 Å². The maximum atomic E-state index is 5.53. The van der Waals surface area contributed by atoms with E-state index in [1.54, 1.807) is 11.3 Å². The summed E-state index contributed by atoms with van der Waals surface area (Å²) in [6.07, 6.45) is 6.22. The SMILES string of the molecule is C[C@@H](c1nc(-c2cccs2)no1)N1CCC[C@H]1Cn1cccn1. The highest BCUT2D eigenvalue weighted by Gasteiger charge is 2.32. The summed E-state index contributed by atoms with van der Waals surface area (Å²) in [6.45, 7) is 4.11. The van der Waals surface area contributed by atoms with Crippen LogP contribution < -0.4 is 0 Å². The average molecular weight is 329 g/mol. The van der Waals surface area contributed by atoms with Gasteiger partial charge in [-0.25, -0.2) is 0 Å². The van der Waals surface area contributed by atoms with E-state index in [0.29, 0.717) is 17.8 Å². The van der Waals surface area contributed by atoms with Gasteiger partial charge in [-0.15, -0.1) is 11.3 Å². The molecule has 1 saturated heterocycles. The first-order valence-corrected chi connectivity index (χ1v) is 8.80. The largest absolute Gasteiger partial charge is 0.337 e. The maximum absolute atomic E-state index is 5.53. The van der Waals surface area contributed by atoms with Crippen molar-refractivity contribution < 1.29 is 4.52 Å². The Hall–Kier alpha value is -1.99. The van der Waals surface area contributed by atoms with E-state index in [1.165, 1.54) is 12.8 Å². The van der Waals surface area contributed by atoms with E-state index in [-0.39, 0.29) is 6.04 Å². The first-order chi connectivity index (χ1) is 11.3. The smallest absolute Gasteiger partial charge is 0.244 e. The van der Waals surface area contributed by atoms with Crippen molar-refractivity contribution in [2.75, 3.05) is 6.54 Å². The van der Waals surface area contributed by atoms with E-state index in [0.717, 1.165) is 18.0 Å². The van der Waals surface area contributed by atoms with Gasteiger partial charge in [0.2, 0.25) is 11.7 Å². The fourth-order valence-corrected chi connectivity index (χ4v) is 3.89. The minimum atomic E-state index is 0.124. The molecule has 3 aromatic heterocycles. The Labute approximate surface area is 138 Å². The first kappa shape index (κ1) is 14.6. The van der Waals surface area contributed by atoms with Crippen molar-refractivity contribution in [3.8, 4) is 10.7 Å². The summed E-state index contributed by atoms with van der Waals surface area (Å²) in [5.41, 5.74) is 0. The van der Waals surface area contributed by atoms with E-state index in [2.05, 4.69) is 27.1 Å². The molecule has 0 unspecified atom stereocenters. The Morgan fingerprint density at radius 1 is 1.43 bits per heavy atom. The molecule has 1 aliphatic rings. The minimum Gasteiger partial charge on any atom is -0.337 e. The molecule has 23 heavy (non-hydrogen) atoms. The molecule has 0 saturated carbocycles. The monoisotopic (exact) mass is 329 g/mol. The molecule has 0 amide bonds. The molecule has 0 aliphatic carbocycles. The van der Waals surface area contributed by atoms with Gasteiger partial charge in [0.05, 0.1) is 17.5 Å². The van der Waals surface area contributed by atoms with Crippen molar-refractivity contribution >= 4 is 11.3 Å². The van der Waals surface area contributed by atoms with Crippen molar-refractivity contribution in [3.63, 3.8) is 0 Å². The summed E-state index contributed by atoms with van der Waals surface area (Å²) in [4.78, 5) is 8.09. The summed E-state index contributed by atoms with van der Waals surface area (Å²) in [7, 11) is 0. The lowest BCUT2D eigenvalue weighted by Crippen LogP contribution is -2.35. The molecule has 3 aromatic rings. The second kappa shape index (κ2) is 6.25. The highest BCUT2D eigenvalue weighted by molar-refractivity contribution is 7.13. The Bertz CT molecular complexity index is 736. The third-order valence-electron chi connectivity index (χ3n) is 4.42. The van der Waals surface area contributed by atoms with Crippen LogP contribution in [0, 0.1) is 0 Å². The number of aromatic nitrogens is 4. The summed E-state index contributed by atoms with van der Waals surface area (Å²) in [6, 6.07) is 6.57. The van der Waals surface area contributed by atoms with Crippen molar-refractivity contribution in [2.24, 2.45) is 0 Å². The van der Waals surface area contributed by atoms with Crippen molar-refractivity contribution in [1.82, 2.24) is 24.8 Å². The topological polar surface area (TPSA) is 60.0 Å². The zero-order valence-corrected chi connectivity index (χ0v) is 13.8. The van der Waals surface area contributed by atoms with Gasteiger partial charge in [-0.3, -0.25) is 9.58 Å². The van der Waals surface area contributed by atoms with E-state index in [1.807, 2.05) is 40.7 Å². The molecule has 120 valence electrons. The van der Waals surface area contributed by atoms with Crippen LogP contribution in [0.15, 0.2) is 40.5 Å². The number of rotatable bonds is 5.